The molecule has 0 aromatic heterocycles. The zero-order chi connectivity index (χ0) is 13.2. The first-order valence-electron chi connectivity index (χ1n) is 6.68. The maximum absolute atomic E-state index is 9.29. The Morgan fingerprint density at radius 3 is 2.33 bits per heavy atom. The molecule has 1 saturated carbocycles. The minimum absolute atomic E-state index is 0.178. The summed E-state index contributed by atoms with van der Waals surface area (Å²) in [4.78, 5) is 2.10. The smallest absolute Gasteiger partial charge is 0.0499 e. The lowest BCUT2D eigenvalue weighted by molar-refractivity contribution is 0.204. The van der Waals surface area contributed by atoms with Crippen molar-refractivity contribution in [1.29, 1.82) is 0 Å². The van der Waals surface area contributed by atoms with Crippen LogP contribution in [0.1, 0.15) is 31.4 Å². The predicted molar refractivity (Wildman–Crippen MR) is 75.9 cm³/mol. The Kier molecular flexibility index (Phi) is 3.93. The number of rotatable bonds is 6. The van der Waals surface area contributed by atoms with Gasteiger partial charge in [0, 0.05) is 44.4 Å². The molecule has 3 nitrogen and oxygen atoms in total. The number of hydrogen-bond acceptors (Lipinski definition) is 3. The molecule has 0 spiro atoms. The van der Waals surface area contributed by atoms with Crippen LogP contribution >= 0.6 is 0 Å². The Morgan fingerprint density at radius 1 is 1.28 bits per heavy atom. The molecule has 1 atom stereocenters. The van der Waals surface area contributed by atoms with Crippen molar-refractivity contribution >= 4 is 5.69 Å². The summed E-state index contributed by atoms with van der Waals surface area (Å²) >= 11 is 0. The van der Waals surface area contributed by atoms with Crippen LogP contribution in [0.3, 0.4) is 0 Å². The number of aliphatic hydroxyl groups is 1. The van der Waals surface area contributed by atoms with Crippen molar-refractivity contribution in [2.45, 2.75) is 25.8 Å². The van der Waals surface area contributed by atoms with Gasteiger partial charge >= 0.3 is 0 Å². The molecule has 0 bridgehead atoms. The summed E-state index contributed by atoms with van der Waals surface area (Å²) in [7, 11) is 4.10. The third-order valence-corrected chi connectivity index (χ3v) is 3.99. The molecule has 100 valence electrons. The van der Waals surface area contributed by atoms with E-state index in [0.29, 0.717) is 12.6 Å². The molecule has 1 aliphatic carbocycles. The van der Waals surface area contributed by atoms with Crippen molar-refractivity contribution in [3.05, 3.63) is 29.8 Å². The lowest BCUT2D eigenvalue weighted by Crippen LogP contribution is -2.28. The third-order valence-electron chi connectivity index (χ3n) is 3.99. The largest absolute Gasteiger partial charge is 0.396 e. The molecule has 0 heterocycles. The van der Waals surface area contributed by atoms with Gasteiger partial charge < -0.3 is 15.3 Å². The van der Waals surface area contributed by atoms with Gasteiger partial charge in [0.25, 0.3) is 0 Å². The lowest BCUT2D eigenvalue weighted by atomic mass is 10.1. The summed E-state index contributed by atoms with van der Waals surface area (Å²) in [5.41, 5.74) is 2.70. The van der Waals surface area contributed by atoms with Crippen molar-refractivity contribution in [2.75, 3.05) is 32.1 Å². The van der Waals surface area contributed by atoms with Gasteiger partial charge in [-0.05, 0) is 37.5 Å². The maximum Gasteiger partial charge on any atom is 0.0499 e. The molecule has 0 saturated heterocycles. The van der Waals surface area contributed by atoms with Gasteiger partial charge in [0.15, 0.2) is 0 Å². The summed E-state index contributed by atoms with van der Waals surface area (Å²) in [6.45, 7) is 3.41. The van der Waals surface area contributed by atoms with Crippen LogP contribution < -0.4 is 10.2 Å². The molecular weight excluding hydrogens is 224 g/mol. The normalized spacial score (nSPS) is 18.4. The molecule has 0 amide bonds. The van der Waals surface area contributed by atoms with Gasteiger partial charge in [0.2, 0.25) is 0 Å². The number of hydrogen-bond donors (Lipinski definition) is 2. The molecule has 1 aliphatic rings. The summed E-state index contributed by atoms with van der Waals surface area (Å²) in [6.07, 6.45) is 2.31. The minimum atomic E-state index is 0.178. The van der Waals surface area contributed by atoms with E-state index in [9.17, 15) is 5.11 Å². The van der Waals surface area contributed by atoms with E-state index in [1.807, 2.05) is 0 Å². The van der Waals surface area contributed by atoms with Gasteiger partial charge in [-0.25, -0.2) is 0 Å². The van der Waals surface area contributed by atoms with Gasteiger partial charge in [-0.15, -0.1) is 0 Å². The second-order valence-electron chi connectivity index (χ2n) is 5.75. The number of anilines is 1. The van der Waals surface area contributed by atoms with Crippen molar-refractivity contribution in [2.24, 2.45) is 5.41 Å². The Labute approximate surface area is 110 Å². The van der Waals surface area contributed by atoms with E-state index in [2.05, 4.69) is 55.5 Å². The van der Waals surface area contributed by atoms with Gasteiger partial charge in [-0.1, -0.05) is 12.1 Å². The van der Waals surface area contributed by atoms with Crippen LogP contribution in [-0.4, -0.2) is 32.4 Å². The SMILES string of the molecule is CC(NCC1(CO)CC1)c1ccc(N(C)C)cc1. The molecule has 2 N–H and O–H groups in total. The molecule has 1 aromatic rings. The first kappa shape index (κ1) is 13.4. The molecule has 18 heavy (non-hydrogen) atoms. The highest BCUT2D eigenvalue weighted by Crippen LogP contribution is 2.44. The summed E-state index contributed by atoms with van der Waals surface area (Å²) < 4.78 is 0. The molecule has 1 unspecified atom stereocenters. The third kappa shape index (κ3) is 3.03. The van der Waals surface area contributed by atoms with Crippen molar-refractivity contribution in [3.8, 4) is 0 Å². The van der Waals surface area contributed by atoms with E-state index in [1.165, 1.54) is 11.3 Å². The van der Waals surface area contributed by atoms with Gasteiger partial charge in [0.05, 0.1) is 0 Å². The average Bonchev–Trinajstić information content (AvgIpc) is 3.17. The monoisotopic (exact) mass is 248 g/mol. The quantitative estimate of drug-likeness (QED) is 0.810. The van der Waals surface area contributed by atoms with E-state index in [4.69, 9.17) is 0 Å². The Balaban J connectivity index is 1.90. The van der Waals surface area contributed by atoms with Crippen molar-refractivity contribution in [3.63, 3.8) is 0 Å². The zero-order valence-corrected chi connectivity index (χ0v) is 11.6. The Morgan fingerprint density at radius 2 is 1.89 bits per heavy atom. The molecule has 1 aromatic carbocycles. The Hall–Kier alpha value is -1.06. The summed E-state index contributed by atoms with van der Waals surface area (Å²) in [5.74, 6) is 0. The summed E-state index contributed by atoms with van der Waals surface area (Å²) in [5, 5.41) is 12.8. The second-order valence-corrected chi connectivity index (χ2v) is 5.75. The topological polar surface area (TPSA) is 35.5 Å². The van der Waals surface area contributed by atoms with Crippen LogP contribution in [0.4, 0.5) is 5.69 Å². The van der Waals surface area contributed by atoms with Gasteiger partial charge in [-0.3, -0.25) is 0 Å². The van der Waals surface area contributed by atoms with E-state index in [1.54, 1.807) is 0 Å². The number of aliphatic hydroxyl groups excluding tert-OH is 1. The van der Waals surface area contributed by atoms with Crippen molar-refractivity contribution < 1.29 is 5.11 Å². The molecular formula is C15H24N2O. The average molecular weight is 248 g/mol. The highest BCUT2D eigenvalue weighted by Gasteiger charge is 2.41. The van der Waals surface area contributed by atoms with E-state index in [0.717, 1.165) is 19.4 Å². The lowest BCUT2D eigenvalue weighted by Gasteiger charge is -2.20. The molecule has 0 aliphatic heterocycles. The molecule has 0 radical (unpaired) electrons. The van der Waals surface area contributed by atoms with Crippen LogP contribution in [0.2, 0.25) is 0 Å². The fraction of sp³-hybridized carbons (Fsp3) is 0.600. The maximum atomic E-state index is 9.29. The number of nitrogens with zero attached hydrogens (tertiary/aromatic N) is 1. The van der Waals surface area contributed by atoms with Gasteiger partial charge in [0.1, 0.15) is 0 Å². The van der Waals surface area contributed by atoms with E-state index in [-0.39, 0.29) is 5.41 Å². The van der Waals surface area contributed by atoms with Crippen LogP contribution in [-0.2, 0) is 0 Å². The highest BCUT2D eigenvalue weighted by molar-refractivity contribution is 5.46. The van der Waals surface area contributed by atoms with Gasteiger partial charge in [-0.2, -0.15) is 0 Å². The predicted octanol–water partition coefficient (Wildman–Crippen LogP) is 2.18. The Bertz CT molecular complexity index is 382. The first-order valence-corrected chi connectivity index (χ1v) is 6.68. The number of nitrogens with one attached hydrogen (secondary N) is 1. The second kappa shape index (κ2) is 5.29. The summed E-state index contributed by atoms with van der Waals surface area (Å²) in [6, 6.07) is 8.97. The molecule has 1 fully saturated rings. The van der Waals surface area contributed by atoms with Crippen LogP contribution in [0.25, 0.3) is 0 Å². The van der Waals surface area contributed by atoms with Crippen LogP contribution in [0.15, 0.2) is 24.3 Å². The fourth-order valence-electron chi connectivity index (χ4n) is 2.12. The molecule has 2 rings (SSSR count). The standard InChI is InChI=1S/C15H24N2O/c1-12(16-10-15(11-18)8-9-15)13-4-6-14(7-5-13)17(2)3/h4-7,12,16,18H,8-11H2,1-3H3. The number of benzene rings is 1. The van der Waals surface area contributed by atoms with E-state index >= 15 is 0 Å². The van der Waals surface area contributed by atoms with E-state index < -0.39 is 0 Å². The highest BCUT2D eigenvalue weighted by atomic mass is 16.3. The van der Waals surface area contributed by atoms with Crippen LogP contribution in [0.5, 0.6) is 0 Å². The zero-order valence-electron chi connectivity index (χ0n) is 11.6. The fourth-order valence-corrected chi connectivity index (χ4v) is 2.12. The van der Waals surface area contributed by atoms with Crippen LogP contribution in [0, 0.1) is 5.41 Å². The van der Waals surface area contributed by atoms with Crippen molar-refractivity contribution in [1.82, 2.24) is 5.32 Å². The minimum Gasteiger partial charge on any atom is -0.396 e. The molecule has 3 heteroatoms. The first-order chi connectivity index (χ1) is 8.56.